The number of aromatic nitrogens is 3. The maximum Gasteiger partial charge on any atom is 2.00 e. The van der Waals surface area contributed by atoms with Gasteiger partial charge in [-0.2, -0.15) is 52.1 Å². The van der Waals surface area contributed by atoms with Crippen LogP contribution in [-0.2, 0) is 21.1 Å². The van der Waals surface area contributed by atoms with Gasteiger partial charge in [-0.15, -0.1) is 23.1 Å². The molecular weight excluding hydrogens is 608 g/mol. The maximum absolute atomic E-state index is 6.00. The molecule has 1 aliphatic rings. The van der Waals surface area contributed by atoms with E-state index >= 15 is 0 Å². The van der Waals surface area contributed by atoms with E-state index in [2.05, 4.69) is 64.7 Å². The summed E-state index contributed by atoms with van der Waals surface area (Å²) in [6, 6.07) is 33.4. The second-order valence-corrected chi connectivity index (χ2v) is 8.47. The van der Waals surface area contributed by atoms with Crippen molar-refractivity contribution in [2.75, 3.05) is 0 Å². The van der Waals surface area contributed by atoms with Crippen LogP contribution in [0.4, 0.5) is 0 Å². The van der Waals surface area contributed by atoms with Crippen LogP contribution in [0.15, 0.2) is 107 Å². The van der Waals surface area contributed by atoms with Crippen molar-refractivity contribution in [1.29, 1.82) is 0 Å². The zero-order chi connectivity index (χ0) is 21.3. The van der Waals surface area contributed by atoms with E-state index in [9.17, 15) is 0 Å². The third kappa shape index (κ3) is 4.29. The monoisotopic (exact) mass is 624 g/mol. The van der Waals surface area contributed by atoms with Crippen molar-refractivity contribution >= 4 is 34.9 Å². The minimum Gasteiger partial charge on any atom is -0.466 e. The first-order valence-electron chi connectivity index (χ1n) is 10.3. The fourth-order valence-electron chi connectivity index (χ4n) is 3.96. The zero-order valence-corrected chi connectivity index (χ0v) is 20.4. The molecule has 7 heteroatoms. The van der Waals surface area contributed by atoms with Crippen molar-refractivity contribution in [2.24, 2.45) is 0 Å². The normalized spacial score (nSPS) is 11.8. The minimum atomic E-state index is -0.00903. The molecule has 1 aliphatic heterocycles. The molecule has 3 aromatic carbocycles. The predicted molar refractivity (Wildman–Crippen MR) is 127 cm³/mol. The van der Waals surface area contributed by atoms with Gasteiger partial charge in [0.1, 0.15) is 0 Å². The minimum absolute atomic E-state index is 0. The van der Waals surface area contributed by atoms with Crippen LogP contribution >= 0.6 is 11.8 Å². The van der Waals surface area contributed by atoms with E-state index in [0.717, 1.165) is 16.6 Å². The zero-order valence-electron chi connectivity index (χ0n) is 17.3. The third-order valence-corrected chi connectivity index (χ3v) is 6.53. The molecule has 33 heavy (non-hydrogen) atoms. The second kappa shape index (κ2) is 9.42. The molecule has 160 valence electrons. The third-order valence-electron chi connectivity index (χ3n) is 5.36. The van der Waals surface area contributed by atoms with Gasteiger partial charge in [0.25, 0.3) is 0 Å². The quantitative estimate of drug-likeness (QED) is 0.222. The molecule has 0 aliphatic carbocycles. The molecular formula is C26H16BN3OPtS. The van der Waals surface area contributed by atoms with Gasteiger partial charge >= 0.3 is 21.1 Å². The summed E-state index contributed by atoms with van der Waals surface area (Å²) in [6.07, 6.45) is 5.43. The summed E-state index contributed by atoms with van der Waals surface area (Å²) in [5, 5.41) is 4.37. The van der Waals surface area contributed by atoms with Crippen LogP contribution in [-0.4, -0.2) is 21.5 Å². The summed E-state index contributed by atoms with van der Waals surface area (Å²) in [4.78, 5) is 6.69. The van der Waals surface area contributed by atoms with Crippen LogP contribution in [0.25, 0.3) is 5.69 Å². The molecule has 0 saturated carbocycles. The molecule has 0 unspecified atom stereocenters. The van der Waals surface area contributed by atoms with E-state index in [1.807, 2.05) is 47.3 Å². The first kappa shape index (κ1) is 21.8. The molecule has 3 heterocycles. The molecule has 0 N–H and O–H groups in total. The Bertz CT molecular complexity index is 1400. The molecule has 2 aromatic heterocycles. The summed E-state index contributed by atoms with van der Waals surface area (Å²) >= 11 is 1.76. The molecule has 6 rings (SSSR count). The number of hydrogen-bond acceptors (Lipinski definition) is 4. The Balaban J connectivity index is 0.00000228. The van der Waals surface area contributed by atoms with Gasteiger partial charge in [0.05, 0.1) is 0 Å². The Hall–Kier alpha value is -3.08. The summed E-state index contributed by atoms with van der Waals surface area (Å²) < 4.78 is 7.83. The van der Waals surface area contributed by atoms with Crippen molar-refractivity contribution in [1.82, 2.24) is 14.8 Å². The topological polar surface area (TPSA) is 39.9 Å². The van der Waals surface area contributed by atoms with E-state index in [4.69, 9.17) is 4.74 Å². The number of benzene rings is 3. The van der Waals surface area contributed by atoms with Crippen molar-refractivity contribution in [3.05, 3.63) is 110 Å². The number of hydrogen-bond donors (Lipinski definition) is 0. The maximum atomic E-state index is 6.00. The van der Waals surface area contributed by atoms with Crippen LogP contribution in [0.2, 0.25) is 0 Å². The van der Waals surface area contributed by atoms with Crippen LogP contribution in [0.3, 0.4) is 0 Å². The number of fused-ring (bicyclic) bond motifs is 2. The van der Waals surface area contributed by atoms with E-state index in [1.54, 1.807) is 24.2 Å². The summed E-state index contributed by atoms with van der Waals surface area (Å²) in [7, 11) is 0. The molecule has 0 bridgehead atoms. The van der Waals surface area contributed by atoms with Crippen molar-refractivity contribution < 1.29 is 25.8 Å². The fourth-order valence-corrected chi connectivity index (χ4v) is 5.06. The smallest absolute Gasteiger partial charge is 0.466 e. The number of rotatable bonds is 4. The predicted octanol–water partition coefficient (Wildman–Crippen LogP) is 3.64. The molecule has 0 amide bonds. The number of pyridine rings is 1. The summed E-state index contributed by atoms with van der Waals surface area (Å²) in [6.45, 7) is -0.00903. The first-order chi connectivity index (χ1) is 15.8. The Kier molecular flexibility index (Phi) is 6.21. The molecule has 0 spiro atoms. The average Bonchev–Trinajstić information content (AvgIpc) is 3.39. The van der Waals surface area contributed by atoms with E-state index < -0.39 is 0 Å². The van der Waals surface area contributed by atoms with Crippen molar-refractivity contribution in [2.45, 2.75) is 9.79 Å². The first-order valence-corrected chi connectivity index (χ1v) is 11.1. The fraction of sp³-hybridized carbons (Fsp3) is 0. The van der Waals surface area contributed by atoms with Gasteiger partial charge in [-0.3, -0.25) is 4.68 Å². The Labute approximate surface area is 211 Å². The van der Waals surface area contributed by atoms with Crippen molar-refractivity contribution in [3.8, 4) is 17.3 Å². The summed E-state index contributed by atoms with van der Waals surface area (Å²) in [5.41, 5.74) is 4.30. The van der Waals surface area contributed by atoms with Gasteiger partial charge in [-0.05, 0) is 28.8 Å². The van der Waals surface area contributed by atoms with E-state index in [0.29, 0.717) is 11.6 Å². The second-order valence-electron chi connectivity index (χ2n) is 7.39. The van der Waals surface area contributed by atoms with Gasteiger partial charge in [0.15, 0.2) is 6.71 Å². The molecule has 0 saturated heterocycles. The van der Waals surface area contributed by atoms with Gasteiger partial charge in [0.2, 0.25) is 5.88 Å². The van der Waals surface area contributed by atoms with Crippen LogP contribution in [0.1, 0.15) is 0 Å². The molecule has 0 fully saturated rings. The Morgan fingerprint density at radius 1 is 0.818 bits per heavy atom. The standard InChI is InChI=1S/C26H16BN3OS.Pt/c1-2-10-24-22(9-1)27(19-7-5-8-20(17-19)30-16-6-15-29-30)23-18-21(12-13-25(23)32-24)31-26-11-3-4-14-28-26;/h1-16H;/q-2;+2. The molecule has 0 radical (unpaired) electrons. The van der Waals surface area contributed by atoms with Gasteiger partial charge in [0, 0.05) is 30.4 Å². The largest absolute Gasteiger partial charge is 2.00 e. The average molecular weight is 624 g/mol. The van der Waals surface area contributed by atoms with Crippen LogP contribution < -0.4 is 21.1 Å². The van der Waals surface area contributed by atoms with Gasteiger partial charge in [-0.1, -0.05) is 29.7 Å². The number of nitrogens with zero attached hydrogens (tertiary/aromatic N) is 3. The molecule has 0 atom stereocenters. The van der Waals surface area contributed by atoms with Crippen LogP contribution in [0, 0.1) is 12.1 Å². The van der Waals surface area contributed by atoms with E-state index in [1.165, 1.54) is 15.3 Å². The van der Waals surface area contributed by atoms with Gasteiger partial charge in [-0.25, -0.2) is 4.98 Å². The SMILES string of the molecule is [Pt+2].[c-]1c(B2c3[c-]c(Oc4ccccn4)ccc3Sc3ccccc32)cccc1-n1cccn1. The van der Waals surface area contributed by atoms with Crippen LogP contribution in [0.5, 0.6) is 11.6 Å². The molecule has 5 aromatic rings. The number of ether oxygens (including phenoxy) is 1. The Morgan fingerprint density at radius 2 is 1.73 bits per heavy atom. The van der Waals surface area contributed by atoms with Gasteiger partial charge < -0.3 is 4.74 Å². The van der Waals surface area contributed by atoms with E-state index in [-0.39, 0.29) is 27.8 Å². The summed E-state index contributed by atoms with van der Waals surface area (Å²) in [5.74, 6) is 1.20. The Morgan fingerprint density at radius 3 is 2.58 bits per heavy atom. The molecule has 4 nitrogen and oxygen atoms in total. The van der Waals surface area contributed by atoms with Crippen molar-refractivity contribution in [3.63, 3.8) is 0 Å².